The molecule has 2 nitrogen and oxygen atoms in total. The van der Waals surface area contributed by atoms with Crippen LogP contribution in [0.15, 0.2) is 30.3 Å². The second kappa shape index (κ2) is 5.46. The quantitative estimate of drug-likeness (QED) is 0.769. The van der Waals surface area contributed by atoms with Crippen LogP contribution in [0.1, 0.15) is 31.4 Å². The summed E-state index contributed by atoms with van der Waals surface area (Å²) in [5.41, 5.74) is 7.33. The van der Waals surface area contributed by atoms with Crippen molar-refractivity contribution in [1.82, 2.24) is 5.32 Å². The van der Waals surface area contributed by atoms with Crippen LogP contribution in [0.2, 0.25) is 0 Å². The highest BCUT2D eigenvalue weighted by atomic mass is 14.9. The second-order valence-electron chi connectivity index (χ2n) is 4.99. The van der Waals surface area contributed by atoms with Crippen molar-refractivity contribution >= 4 is 0 Å². The van der Waals surface area contributed by atoms with Gasteiger partial charge in [0.25, 0.3) is 0 Å². The van der Waals surface area contributed by atoms with Crippen molar-refractivity contribution in [2.75, 3.05) is 13.1 Å². The number of benzene rings is 1. The first kappa shape index (κ1) is 11.6. The SMILES string of the molecule is CC(CNCC(N)c1ccccc1)C1CC1. The Morgan fingerprint density at radius 2 is 1.94 bits per heavy atom. The smallest absolute Gasteiger partial charge is 0.0421 e. The van der Waals surface area contributed by atoms with Crippen molar-refractivity contribution in [3.8, 4) is 0 Å². The first-order valence-electron chi connectivity index (χ1n) is 6.28. The highest BCUT2D eigenvalue weighted by molar-refractivity contribution is 5.18. The molecule has 2 rings (SSSR count). The molecular formula is C14H22N2. The normalized spacial score (nSPS) is 19.4. The summed E-state index contributed by atoms with van der Waals surface area (Å²) < 4.78 is 0. The van der Waals surface area contributed by atoms with Gasteiger partial charge in [0.1, 0.15) is 0 Å². The summed E-state index contributed by atoms with van der Waals surface area (Å²) in [6.45, 7) is 4.31. The zero-order chi connectivity index (χ0) is 11.4. The van der Waals surface area contributed by atoms with E-state index >= 15 is 0 Å². The Morgan fingerprint density at radius 3 is 2.56 bits per heavy atom. The molecule has 1 fully saturated rings. The Bertz CT molecular complexity index is 306. The van der Waals surface area contributed by atoms with E-state index in [4.69, 9.17) is 5.73 Å². The molecular weight excluding hydrogens is 196 g/mol. The zero-order valence-corrected chi connectivity index (χ0v) is 10.0. The molecule has 1 aliphatic rings. The second-order valence-corrected chi connectivity index (χ2v) is 4.99. The van der Waals surface area contributed by atoms with Crippen LogP contribution in [-0.4, -0.2) is 13.1 Å². The molecule has 0 aliphatic heterocycles. The maximum absolute atomic E-state index is 6.11. The molecule has 1 saturated carbocycles. The lowest BCUT2D eigenvalue weighted by Crippen LogP contribution is -2.30. The summed E-state index contributed by atoms with van der Waals surface area (Å²) in [6.07, 6.45) is 2.85. The molecule has 2 atom stereocenters. The minimum absolute atomic E-state index is 0.118. The van der Waals surface area contributed by atoms with Crippen molar-refractivity contribution in [2.24, 2.45) is 17.6 Å². The van der Waals surface area contributed by atoms with E-state index in [1.54, 1.807) is 0 Å². The van der Waals surface area contributed by atoms with E-state index < -0.39 is 0 Å². The number of nitrogens with one attached hydrogen (secondary N) is 1. The summed E-state index contributed by atoms with van der Waals surface area (Å²) in [5.74, 6) is 1.78. The van der Waals surface area contributed by atoms with E-state index in [9.17, 15) is 0 Å². The molecule has 0 aromatic heterocycles. The molecule has 0 heterocycles. The van der Waals surface area contributed by atoms with Crippen LogP contribution in [-0.2, 0) is 0 Å². The van der Waals surface area contributed by atoms with Crippen LogP contribution in [0.25, 0.3) is 0 Å². The maximum Gasteiger partial charge on any atom is 0.0421 e. The standard InChI is InChI=1S/C14H22N2/c1-11(12-7-8-12)9-16-10-14(15)13-5-3-2-4-6-13/h2-6,11-12,14,16H,7-10,15H2,1H3. The third kappa shape index (κ3) is 3.32. The predicted octanol–water partition coefficient (Wildman–Crippen LogP) is 2.32. The van der Waals surface area contributed by atoms with Gasteiger partial charge in [-0.15, -0.1) is 0 Å². The molecule has 2 unspecified atom stereocenters. The van der Waals surface area contributed by atoms with Crippen LogP contribution >= 0.6 is 0 Å². The average molecular weight is 218 g/mol. The first-order valence-corrected chi connectivity index (χ1v) is 6.28. The van der Waals surface area contributed by atoms with Crippen LogP contribution in [0.3, 0.4) is 0 Å². The fourth-order valence-electron chi connectivity index (χ4n) is 2.12. The lowest BCUT2D eigenvalue weighted by molar-refractivity contribution is 0.450. The minimum Gasteiger partial charge on any atom is -0.323 e. The van der Waals surface area contributed by atoms with E-state index in [1.165, 1.54) is 18.4 Å². The van der Waals surface area contributed by atoms with Gasteiger partial charge in [-0.2, -0.15) is 0 Å². The third-order valence-electron chi connectivity index (χ3n) is 3.49. The first-order chi connectivity index (χ1) is 7.77. The summed E-state index contributed by atoms with van der Waals surface area (Å²) in [5, 5.41) is 3.48. The topological polar surface area (TPSA) is 38.0 Å². The molecule has 16 heavy (non-hydrogen) atoms. The number of nitrogens with two attached hydrogens (primary N) is 1. The van der Waals surface area contributed by atoms with Gasteiger partial charge >= 0.3 is 0 Å². The van der Waals surface area contributed by atoms with Crippen molar-refractivity contribution < 1.29 is 0 Å². The molecule has 1 aromatic rings. The van der Waals surface area contributed by atoms with Gasteiger partial charge in [0.2, 0.25) is 0 Å². The molecule has 0 saturated heterocycles. The largest absolute Gasteiger partial charge is 0.323 e. The fraction of sp³-hybridized carbons (Fsp3) is 0.571. The molecule has 0 amide bonds. The molecule has 0 bridgehead atoms. The third-order valence-corrected chi connectivity index (χ3v) is 3.49. The predicted molar refractivity (Wildman–Crippen MR) is 68.1 cm³/mol. The van der Waals surface area contributed by atoms with Gasteiger partial charge in [0.15, 0.2) is 0 Å². The van der Waals surface area contributed by atoms with Crippen LogP contribution < -0.4 is 11.1 Å². The monoisotopic (exact) mass is 218 g/mol. The zero-order valence-electron chi connectivity index (χ0n) is 10.0. The lowest BCUT2D eigenvalue weighted by atomic mass is 10.1. The summed E-state index contributed by atoms with van der Waals surface area (Å²) in [7, 11) is 0. The van der Waals surface area contributed by atoms with E-state index in [0.29, 0.717) is 0 Å². The fourth-order valence-corrected chi connectivity index (χ4v) is 2.12. The van der Waals surface area contributed by atoms with Gasteiger partial charge in [-0.25, -0.2) is 0 Å². The molecule has 0 spiro atoms. The molecule has 2 heteroatoms. The van der Waals surface area contributed by atoms with Gasteiger partial charge < -0.3 is 11.1 Å². The number of hydrogen-bond donors (Lipinski definition) is 2. The van der Waals surface area contributed by atoms with Crippen molar-refractivity contribution in [3.63, 3.8) is 0 Å². The van der Waals surface area contributed by atoms with Crippen LogP contribution in [0, 0.1) is 11.8 Å². The van der Waals surface area contributed by atoms with Crippen LogP contribution in [0.4, 0.5) is 0 Å². The van der Waals surface area contributed by atoms with Crippen molar-refractivity contribution in [2.45, 2.75) is 25.8 Å². The number of rotatable bonds is 6. The summed E-state index contributed by atoms with van der Waals surface area (Å²) in [6, 6.07) is 10.4. The van der Waals surface area contributed by atoms with E-state index in [2.05, 4.69) is 24.4 Å². The highest BCUT2D eigenvalue weighted by Crippen LogP contribution is 2.36. The lowest BCUT2D eigenvalue weighted by Gasteiger charge is -2.16. The van der Waals surface area contributed by atoms with Crippen LogP contribution in [0.5, 0.6) is 0 Å². The van der Waals surface area contributed by atoms with Gasteiger partial charge in [0, 0.05) is 12.6 Å². The van der Waals surface area contributed by atoms with Gasteiger partial charge in [-0.1, -0.05) is 37.3 Å². The molecule has 0 radical (unpaired) electrons. The highest BCUT2D eigenvalue weighted by Gasteiger charge is 2.27. The Morgan fingerprint density at radius 1 is 1.25 bits per heavy atom. The van der Waals surface area contributed by atoms with E-state index in [-0.39, 0.29) is 6.04 Å². The molecule has 1 aliphatic carbocycles. The Kier molecular flexibility index (Phi) is 3.97. The Labute approximate surface area is 98.2 Å². The van der Waals surface area contributed by atoms with E-state index in [0.717, 1.165) is 24.9 Å². The van der Waals surface area contributed by atoms with Crippen molar-refractivity contribution in [1.29, 1.82) is 0 Å². The van der Waals surface area contributed by atoms with Gasteiger partial charge in [0.05, 0.1) is 0 Å². The summed E-state index contributed by atoms with van der Waals surface area (Å²) >= 11 is 0. The Hall–Kier alpha value is -0.860. The Balaban J connectivity index is 1.69. The average Bonchev–Trinajstić information content (AvgIpc) is 3.14. The minimum atomic E-state index is 0.118. The molecule has 3 N–H and O–H groups in total. The number of hydrogen-bond acceptors (Lipinski definition) is 2. The van der Waals surface area contributed by atoms with E-state index in [1.807, 2.05) is 18.2 Å². The molecule has 1 aromatic carbocycles. The molecule has 88 valence electrons. The van der Waals surface area contributed by atoms with Gasteiger partial charge in [-0.3, -0.25) is 0 Å². The van der Waals surface area contributed by atoms with Gasteiger partial charge in [-0.05, 0) is 36.8 Å². The maximum atomic E-state index is 6.11. The van der Waals surface area contributed by atoms with Crippen molar-refractivity contribution in [3.05, 3.63) is 35.9 Å². The summed E-state index contributed by atoms with van der Waals surface area (Å²) in [4.78, 5) is 0.